The normalized spacial score (nSPS) is 11.2. The molecule has 0 aliphatic carbocycles. The second kappa shape index (κ2) is 6.36. The molecule has 3 N–H and O–H groups in total. The predicted octanol–water partition coefficient (Wildman–Crippen LogP) is 1.66. The van der Waals surface area contributed by atoms with Crippen LogP contribution in [-0.2, 0) is 10.0 Å². The summed E-state index contributed by atoms with van der Waals surface area (Å²) >= 11 is 0. The summed E-state index contributed by atoms with van der Waals surface area (Å²) in [6.07, 6.45) is 0. The number of nitrogens with two attached hydrogens (primary N) is 1. The first-order valence-corrected chi connectivity index (χ1v) is 8.74. The molecule has 1 amide bonds. The third-order valence-corrected chi connectivity index (χ3v) is 5.14. The highest BCUT2D eigenvalue weighted by molar-refractivity contribution is 7.90. The number of nitrogen functional groups attached to an aromatic ring is 1. The van der Waals surface area contributed by atoms with Gasteiger partial charge in [0.05, 0.1) is 4.90 Å². The third kappa shape index (κ3) is 3.09. The Bertz CT molecular complexity index is 1030. The van der Waals surface area contributed by atoms with Crippen molar-refractivity contribution in [1.82, 2.24) is 14.4 Å². The van der Waals surface area contributed by atoms with Crippen LogP contribution in [0.4, 0.5) is 11.5 Å². The fourth-order valence-electron chi connectivity index (χ4n) is 2.20. The van der Waals surface area contributed by atoms with Crippen molar-refractivity contribution in [3.63, 3.8) is 0 Å². The minimum Gasteiger partial charge on any atom is -0.381 e. The van der Waals surface area contributed by atoms with Gasteiger partial charge < -0.3 is 11.1 Å². The number of aryl methyl sites for hydroxylation is 1. The van der Waals surface area contributed by atoms with E-state index in [0.717, 1.165) is 5.56 Å². The molecule has 0 spiro atoms. The van der Waals surface area contributed by atoms with Crippen molar-refractivity contribution < 1.29 is 13.2 Å². The minimum atomic E-state index is -4.03. The molecule has 0 saturated carbocycles. The summed E-state index contributed by atoms with van der Waals surface area (Å²) in [5.74, 6) is -0.990. The van der Waals surface area contributed by atoms with E-state index in [-0.39, 0.29) is 16.4 Å². The number of nitrogens with zero attached hydrogens (tertiary/aromatic N) is 3. The van der Waals surface area contributed by atoms with E-state index in [9.17, 15) is 13.2 Å². The molecule has 0 saturated heterocycles. The van der Waals surface area contributed by atoms with Crippen molar-refractivity contribution in [1.29, 1.82) is 0 Å². The summed E-state index contributed by atoms with van der Waals surface area (Å²) in [5, 5.41) is 9.81. The molecule has 0 aliphatic heterocycles. The molecule has 0 aliphatic rings. The van der Waals surface area contributed by atoms with E-state index >= 15 is 0 Å². The number of anilines is 2. The topological polar surface area (TPSA) is 120 Å². The average Bonchev–Trinajstić information content (AvgIpc) is 3.00. The summed E-state index contributed by atoms with van der Waals surface area (Å²) in [6.45, 7) is 1.83. The van der Waals surface area contributed by atoms with Gasteiger partial charge in [0.1, 0.15) is 0 Å². The molecule has 0 unspecified atom stereocenters. The number of carbonyl (C=O) groups is 1. The van der Waals surface area contributed by atoms with Crippen molar-refractivity contribution in [2.24, 2.45) is 0 Å². The third-order valence-electron chi connectivity index (χ3n) is 3.55. The molecule has 25 heavy (non-hydrogen) atoms. The molecule has 1 aromatic heterocycles. The fraction of sp³-hybridized carbons (Fsp3) is 0.0625. The molecule has 0 bridgehead atoms. The molecule has 128 valence electrons. The average molecular weight is 357 g/mol. The summed E-state index contributed by atoms with van der Waals surface area (Å²) in [4.78, 5) is 12.4. The van der Waals surface area contributed by atoms with Gasteiger partial charge in [-0.1, -0.05) is 36.4 Å². The van der Waals surface area contributed by atoms with Gasteiger partial charge in [0, 0.05) is 5.69 Å². The van der Waals surface area contributed by atoms with Crippen molar-refractivity contribution in [2.45, 2.75) is 11.8 Å². The van der Waals surface area contributed by atoms with E-state index in [0.29, 0.717) is 9.77 Å². The van der Waals surface area contributed by atoms with Gasteiger partial charge in [-0.3, -0.25) is 4.79 Å². The Labute approximate surface area is 144 Å². The number of carbonyl (C=O) groups excluding carboxylic acids is 1. The van der Waals surface area contributed by atoms with Crippen molar-refractivity contribution in [3.8, 4) is 0 Å². The van der Waals surface area contributed by atoms with E-state index in [2.05, 4.69) is 15.6 Å². The van der Waals surface area contributed by atoms with Crippen LogP contribution < -0.4 is 11.1 Å². The molecule has 0 atom stereocenters. The van der Waals surface area contributed by atoms with Crippen LogP contribution >= 0.6 is 0 Å². The molecule has 2 aromatic carbocycles. The maximum absolute atomic E-state index is 12.6. The molecule has 8 nitrogen and oxygen atoms in total. The van der Waals surface area contributed by atoms with Crippen LogP contribution in [0.15, 0.2) is 59.5 Å². The van der Waals surface area contributed by atoms with Gasteiger partial charge in [-0.15, -0.1) is 9.19 Å². The van der Waals surface area contributed by atoms with Crippen LogP contribution in [0.1, 0.15) is 16.1 Å². The molecule has 3 rings (SSSR count). The lowest BCUT2D eigenvalue weighted by atomic mass is 10.2. The van der Waals surface area contributed by atoms with Gasteiger partial charge in [0.25, 0.3) is 15.9 Å². The predicted molar refractivity (Wildman–Crippen MR) is 92.6 cm³/mol. The lowest BCUT2D eigenvalue weighted by Gasteiger charge is -2.07. The van der Waals surface area contributed by atoms with E-state index in [1.807, 2.05) is 19.1 Å². The lowest BCUT2D eigenvalue weighted by molar-refractivity contribution is 0.102. The zero-order valence-electron chi connectivity index (χ0n) is 13.2. The fourth-order valence-corrected chi connectivity index (χ4v) is 3.38. The highest BCUT2D eigenvalue weighted by Gasteiger charge is 2.26. The molecule has 1 heterocycles. The molecular formula is C16H15N5O3S. The monoisotopic (exact) mass is 357 g/mol. The maximum Gasteiger partial charge on any atom is 0.286 e. The molecular weight excluding hydrogens is 342 g/mol. The summed E-state index contributed by atoms with van der Waals surface area (Å²) in [5.41, 5.74) is 6.98. The number of para-hydroxylation sites is 1. The second-order valence-corrected chi connectivity index (χ2v) is 7.02. The van der Waals surface area contributed by atoms with Gasteiger partial charge in [-0.05, 0) is 35.9 Å². The van der Waals surface area contributed by atoms with Crippen LogP contribution in [0.5, 0.6) is 0 Å². The van der Waals surface area contributed by atoms with Gasteiger partial charge in [0.2, 0.25) is 0 Å². The Balaban J connectivity index is 1.94. The number of hydrogen-bond donors (Lipinski definition) is 2. The van der Waals surface area contributed by atoms with Crippen molar-refractivity contribution >= 4 is 27.4 Å². The number of nitrogens with one attached hydrogen (secondary N) is 1. The standard InChI is InChI=1S/C16H15N5O3S/c1-11-7-5-6-10-13(11)18-16(22)14-15(17)21(20-19-14)25(23,24)12-8-3-2-4-9-12/h2-10H,17H2,1H3,(H,18,22). The smallest absolute Gasteiger partial charge is 0.286 e. The van der Waals surface area contributed by atoms with Crippen molar-refractivity contribution in [3.05, 3.63) is 65.9 Å². The van der Waals surface area contributed by atoms with E-state index in [4.69, 9.17) is 5.73 Å². The van der Waals surface area contributed by atoms with Crippen LogP contribution in [-0.4, -0.2) is 28.7 Å². The first-order chi connectivity index (χ1) is 11.9. The van der Waals surface area contributed by atoms with Gasteiger partial charge in [-0.25, -0.2) is 0 Å². The zero-order chi connectivity index (χ0) is 18.0. The van der Waals surface area contributed by atoms with Gasteiger partial charge in [0.15, 0.2) is 11.5 Å². The first-order valence-electron chi connectivity index (χ1n) is 7.30. The summed E-state index contributed by atoms with van der Waals surface area (Å²) < 4.78 is 25.7. The number of aromatic nitrogens is 3. The zero-order valence-corrected chi connectivity index (χ0v) is 14.1. The number of amides is 1. The van der Waals surface area contributed by atoms with Crippen LogP contribution in [0.3, 0.4) is 0 Å². The van der Waals surface area contributed by atoms with Crippen LogP contribution in [0.25, 0.3) is 0 Å². The number of rotatable bonds is 4. The SMILES string of the molecule is Cc1ccccc1NC(=O)c1nnn(S(=O)(=O)c2ccccc2)c1N. The van der Waals surface area contributed by atoms with Crippen LogP contribution in [0.2, 0.25) is 0 Å². The van der Waals surface area contributed by atoms with E-state index in [1.165, 1.54) is 12.1 Å². The molecule has 0 radical (unpaired) electrons. The van der Waals surface area contributed by atoms with Gasteiger partial charge in [-0.2, -0.15) is 8.42 Å². The Kier molecular flexibility index (Phi) is 4.24. The Morgan fingerprint density at radius 2 is 1.72 bits per heavy atom. The summed E-state index contributed by atoms with van der Waals surface area (Å²) in [7, 11) is -4.03. The highest BCUT2D eigenvalue weighted by atomic mass is 32.2. The molecule has 9 heteroatoms. The van der Waals surface area contributed by atoms with E-state index < -0.39 is 15.9 Å². The summed E-state index contributed by atoms with van der Waals surface area (Å²) in [6, 6.07) is 14.8. The lowest BCUT2D eigenvalue weighted by Crippen LogP contribution is -2.19. The number of benzene rings is 2. The minimum absolute atomic E-state index is 0.00235. The number of hydrogen-bond acceptors (Lipinski definition) is 6. The largest absolute Gasteiger partial charge is 0.381 e. The van der Waals surface area contributed by atoms with Crippen LogP contribution in [0, 0.1) is 6.92 Å². The Morgan fingerprint density at radius 1 is 1.08 bits per heavy atom. The molecule has 3 aromatic rings. The Morgan fingerprint density at radius 3 is 2.40 bits per heavy atom. The van der Waals surface area contributed by atoms with E-state index in [1.54, 1.807) is 30.3 Å². The van der Waals surface area contributed by atoms with Gasteiger partial charge >= 0.3 is 0 Å². The second-order valence-electron chi connectivity index (χ2n) is 5.25. The maximum atomic E-state index is 12.6. The quantitative estimate of drug-likeness (QED) is 0.733. The molecule has 0 fully saturated rings. The van der Waals surface area contributed by atoms with Crippen molar-refractivity contribution in [2.75, 3.05) is 11.1 Å². The Hall–Kier alpha value is -3.20. The first kappa shape index (κ1) is 16.7. The highest BCUT2D eigenvalue weighted by Crippen LogP contribution is 2.19.